The van der Waals surface area contributed by atoms with Crippen LogP contribution in [-0.4, -0.2) is 43.7 Å². The normalized spacial score (nSPS) is 21.9. The lowest BCUT2D eigenvalue weighted by atomic mass is 9.74. The number of nitrogens with zero attached hydrogens (tertiary/aromatic N) is 4. The first-order chi connectivity index (χ1) is 12.1. The number of hydrogen-bond donors (Lipinski definition) is 1. The van der Waals surface area contributed by atoms with Gasteiger partial charge >= 0.3 is 0 Å². The standard InChI is InChI=1S/C18H25N5O2/c1-3-23-11-13(10-19-23)16-15(12-22(2)21-16)17(24)20-14-5-8-25-18(9-14)6-4-7-18/h10-12,14H,3-9H2,1-2H3,(H,20,24). The van der Waals surface area contributed by atoms with Crippen LogP contribution in [0, 0.1) is 0 Å². The van der Waals surface area contributed by atoms with Gasteiger partial charge in [-0.1, -0.05) is 0 Å². The lowest BCUT2D eigenvalue weighted by Crippen LogP contribution is -2.52. The number of carbonyl (C=O) groups is 1. The number of aryl methyl sites for hydroxylation is 2. The molecule has 2 aromatic heterocycles. The molecule has 1 N–H and O–H groups in total. The molecule has 1 atom stereocenters. The van der Waals surface area contributed by atoms with Crippen molar-refractivity contribution in [3.05, 3.63) is 24.2 Å². The van der Waals surface area contributed by atoms with Gasteiger partial charge in [0.05, 0.1) is 17.4 Å². The Hall–Kier alpha value is -2.15. The molecule has 2 aromatic rings. The van der Waals surface area contributed by atoms with Gasteiger partial charge in [-0.2, -0.15) is 10.2 Å². The Kier molecular flexibility index (Phi) is 4.11. The summed E-state index contributed by atoms with van der Waals surface area (Å²) >= 11 is 0. The van der Waals surface area contributed by atoms with Gasteiger partial charge in [0.1, 0.15) is 5.69 Å². The summed E-state index contributed by atoms with van der Waals surface area (Å²) in [5.74, 6) is -0.0614. The summed E-state index contributed by atoms with van der Waals surface area (Å²) in [5, 5.41) is 12.0. The summed E-state index contributed by atoms with van der Waals surface area (Å²) in [6, 6.07) is 0.174. The Morgan fingerprint density at radius 2 is 2.28 bits per heavy atom. The highest BCUT2D eigenvalue weighted by Crippen LogP contribution is 2.42. The summed E-state index contributed by atoms with van der Waals surface area (Å²) < 4.78 is 9.48. The summed E-state index contributed by atoms with van der Waals surface area (Å²) in [7, 11) is 1.84. The van der Waals surface area contributed by atoms with Gasteiger partial charge in [-0.15, -0.1) is 0 Å². The molecule has 3 heterocycles. The van der Waals surface area contributed by atoms with Crippen LogP contribution < -0.4 is 5.32 Å². The third-order valence-corrected chi connectivity index (χ3v) is 5.40. The van der Waals surface area contributed by atoms with Crippen LogP contribution in [0.25, 0.3) is 11.3 Å². The fourth-order valence-corrected chi connectivity index (χ4v) is 3.86. The number of nitrogens with one attached hydrogen (secondary N) is 1. The van der Waals surface area contributed by atoms with Gasteiger partial charge in [-0.3, -0.25) is 14.2 Å². The summed E-state index contributed by atoms with van der Waals surface area (Å²) in [5.41, 5.74) is 2.18. The second-order valence-corrected chi connectivity index (χ2v) is 7.20. The zero-order valence-corrected chi connectivity index (χ0v) is 14.9. The summed E-state index contributed by atoms with van der Waals surface area (Å²) in [6.07, 6.45) is 10.7. The fourth-order valence-electron chi connectivity index (χ4n) is 3.86. The van der Waals surface area contributed by atoms with Crippen molar-refractivity contribution >= 4 is 5.91 Å². The first-order valence-electron chi connectivity index (χ1n) is 9.10. The van der Waals surface area contributed by atoms with Crippen molar-refractivity contribution in [2.24, 2.45) is 7.05 Å². The number of ether oxygens (including phenoxy) is 1. The van der Waals surface area contributed by atoms with E-state index in [-0.39, 0.29) is 17.6 Å². The van der Waals surface area contributed by atoms with Crippen molar-refractivity contribution < 1.29 is 9.53 Å². The molecule has 0 bridgehead atoms. The van der Waals surface area contributed by atoms with Crippen LogP contribution in [0.1, 0.15) is 49.4 Å². The smallest absolute Gasteiger partial charge is 0.255 e. The van der Waals surface area contributed by atoms with E-state index in [0.717, 1.165) is 44.4 Å². The fraction of sp³-hybridized carbons (Fsp3) is 0.611. The molecule has 7 nitrogen and oxygen atoms in total. The van der Waals surface area contributed by atoms with Crippen molar-refractivity contribution in [3.8, 4) is 11.3 Å². The van der Waals surface area contributed by atoms with Crippen LogP contribution >= 0.6 is 0 Å². The molecule has 1 spiro atoms. The van der Waals surface area contributed by atoms with Crippen LogP contribution in [-0.2, 0) is 18.3 Å². The highest BCUT2D eigenvalue weighted by molar-refractivity contribution is 5.99. The molecule has 1 amide bonds. The van der Waals surface area contributed by atoms with E-state index < -0.39 is 0 Å². The van der Waals surface area contributed by atoms with Crippen molar-refractivity contribution in [2.45, 2.75) is 57.2 Å². The molecule has 1 saturated heterocycles. The molecule has 0 aromatic carbocycles. The minimum absolute atomic E-state index is 0.0240. The lowest BCUT2D eigenvalue weighted by molar-refractivity contribution is -0.134. The molecule has 1 aliphatic carbocycles. The predicted molar refractivity (Wildman–Crippen MR) is 93.1 cm³/mol. The average Bonchev–Trinajstić information content (AvgIpc) is 3.19. The molecular formula is C18H25N5O2. The molecule has 25 heavy (non-hydrogen) atoms. The van der Waals surface area contributed by atoms with Crippen LogP contribution in [0.15, 0.2) is 18.6 Å². The predicted octanol–water partition coefficient (Wildman–Crippen LogP) is 2.13. The molecule has 134 valence electrons. The third kappa shape index (κ3) is 3.08. The van der Waals surface area contributed by atoms with E-state index in [1.54, 1.807) is 17.1 Å². The van der Waals surface area contributed by atoms with Crippen molar-refractivity contribution in [1.82, 2.24) is 24.9 Å². The van der Waals surface area contributed by atoms with Crippen molar-refractivity contribution in [1.29, 1.82) is 0 Å². The Morgan fingerprint density at radius 3 is 2.96 bits per heavy atom. The first-order valence-corrected chi connectivity index (χ1v) is 9.10. The monoisotopic (exact) mass is 343 g/mol. The topological polar surface area (TPSA) is 74.0 Å². The maximum absolute atomic E-state index is 12.9. The second-order valence-electron chi connectivity index (χ2n) is 7.20. The van der Waals surface area contributed by atoms with Gasteiger partial charge in [0.2, 0.25) is 0 Å². The number of carbonyl (C=O) groups excluding carboxylic acids is 1. The van der Waals surface area contributed by atoms with Crippen molar-refractivity contribution in [2.75, 3.05) is 6.61 Å². The van der Waals surface area contributed by atoms with Crippen molar-refractivity contribution in [3.63, 3.8) is 0 Å². The minimum atomic E-state index is -0.0614. The molecule has 2 fully saturated rings. The van der Waals surface area contributed by atoms with E-state index >= 15 is 0 Å². The van der Waals surface area contributed by atoms with Crippen LogP contribution in [0.2, 0.25) is 0 Å². The molecule has 0 radical (unpaired) electrons. The van der Waals surface area contributed by atoms with E-state index in [1.807, 2.05) is 24.9 Å². The first kappa shape index (κ1) is 16.3. The number of amides is 1. The molecule has 1 unspecified atom stereocenters. The SMILES string of the molecule is CCn1cc(-c2nn(C)cc2C(=O)NC2CCOC3(CCC3)C2)cn1. The van der Waals surface area contributed by atoms with Gasteiger partial charge in [-0.25, -0.2) is 0 Å². The molecule has 7 heteroatoms. The van der Waals surface area contributed by atoms with Crippen LogP contribution in [0.4, 0.5) is 0 Å². The van der Waals surface area contributed by atoms with Gasteiger partial charge < -0.3 is 10.1 Å². The maximum atomic E-state index is 12.9. The van der Waals surface area contributed by atoms with Crippen LogP contribution in [0.5, 0.6) is 0 Å². The van der Waals surface area contributed by atoms with Gasteiger partial charge in [0.15, 0.2) is 0 Å². The van der Waals surface area contributed by atoms with E-state index in [2.05, 4.69) is 15.5 Å². The Balaban J connectivity index is 1.52. The Morgan fingerprint density at radius 1 is 1.44 bits per heavy atom. The zero-order valence-electron chi connectivity index (χ0n) is 14.9. The summed E-state index contributed by atoms with van der Waals surface area (Å²) in [4.78, 5) is 12.9. The van der Waals surface area contributed by atoms with Gasteiger partial charge in [0.25, 0.3) is 5.91 Å². The molecule has 4 rings (SSSR count). The number of hydrogen-bond acceptors (Lipinski definition) is 4. The second kappa shape index (κ2) is 6.29. The third-order valence-electron chi connectivity index (χ3n) is 5.40. The highest BCUT2D eigenvalue weighted by atomic mass is 16.5. The van der Waals surface area contributed by atoms with Crippen LogP contribution in [0.3, 0.4) is 0 Å². The largest absolute Gasteiger partial charge is 0.375 e. The van der Waals surface area contributed by atoms with E-state index in [4.69, 9.17) is 4.74 Å². The number of aromatic nitrogens is 4. The lowest BCUT2D eigenvalue weighted by Gasteiger charge is -2.47. The van der Waals surface area contributed by atoms with Gasteiger partial charge in [-0.05, 0) is 39.0 Å². The van der Waals surface area contributed by atoms with E-state index in [1.165, 1.54) is 6.42 Å². The average molecular weight is 343 g/mol. The van der Waals surface area contributed by atoms with Gasteiger partial charge in [0, 0.05) is 44.2 Å². The quantitative estimate of drug-likeness (QED) is 0.923. The van der Waals surface area contributed by atoms with E-state index in [0.29, 0.717) is 11.3 Å². The number of rotatable bonds is 4. The molecule has 1 saturated carbocycles. The Bertz CT molecular complexity index is 774. The molecular weight excluding hydrogens is 318 g/mol. The van der Waals surface area contributed by atoms with E-state index in [9.17, 15) is 4.79 Å². The minimum Gasteiger partial charge on any atom is -0.375 e. The summed E-state index contributed by atoms with van der Waals surface area (Å²) in [6.45, 7) is 3.55. The molecule has 1 aliphatic heterocycles. The highest BCUT2D eigenvalue weighted by Gasteiger charge is 2.43. The Labute approximate surface area is 147 Å². The maximum Gasteiger partial charge on any atom is 0.255 e. The molecule has 2 aliphatic rings. The zero-order chi connectivity index (χ0) is 17.4.